The van der Waals surface area contributed by atoms with E-state index in [1.807, 2.05) is 36.4 Å². The van der Waals surface area contributed by atoms with Crippen molar-refractivity contribution in [3.8, 4) is 11.1 Å². The van der Waals surface area contributed by atoms with Gasteiger partial charge in [-0.15, -0.1) is 0 Å². The molecule has 0 saturated heterocycles. The van der Waals surface area contributed by atoms with Gasteiger partial charge >= 0.3 is 0 Å². The normalized spacial score (nSPS) is 11.3. The number of rotatable bonds is 5. The van der Waals surface area contributed by atoms with Crippen LogP contribution in [0.25, 0.3) is 11.1 Å². The van der Waals surface area contributed by atoms with Crippen LogP contribution in [0.4, 0.5) is 5.82 Å². The lowest BCUT2D eigenvalue weighted by Gasteiger charge is -2.08. The summed E-state index contributed by atoms with van der Waals surface area (Å²) >= 11 is 6.16. The molecule has 0 aliphatic rings. The fourth-order valence-electron chi connectivity index (χ4n) is 1.75. The molecule has 1 aromatic carbocycles. The first kappa shape index (κ1) is 14.8. The third-order valence-corrected chi connectivity index (χ3v) is 4.00. The van der Waals surface area contributed by atoms with Crippen molar-refractivity contribution < 1.29 is 8.42 Å². The van der Waals surface area contributed by atoms with Crippen LogP contribution in [0.15, 0.2) is 42.6 Å². The van der Waals surface area contributed by atoms with Crippen molar-refractivity contribution in [3.63, 3.8) is 0 Å². The van der Waals surface area contributed by atoms with Gasteiger partial charge in [0.2, 0.25) is 0 Å². The van der Waals surface area contributed by atoms with E-state index in [4.69, 9.17) is 11.6 Å². The van der Waals surface area contributed by atoms with E-state index in [9.17, 15) is 8.42 Å². The number of halogens is 1. The summed E-state index contributed by atoms with van der Waals surface area (Å²) in [5.41, 5.74) is 1.86. The van der Waals surface area contributed by atoms with Crippen molar-refractivity contribution in [1.82, 2.24) is 4.98 Å². The minimum absolute atomic E-state index is 0.0744. The summed E-state index contributed by atoms with van der Waals surface area (Å²) in [7, 11) is -2.97. The van der Waals surface area contributed by atoms with Crippen LogP contribution in [0.3, 0.4) is 0 Å². The summed E-state index contributed by atoms with van der Waals surface area (Å²) in [6.07, 6.45) is 2.88. The molecule has 20 heavy (non-hydrogen) atoms. The second-order valence-corrected chi connectivity index (χ2v) is 7.13. The van der Waals surface area contributed by atoms with E-state index in [0.717, 1.165) is 11.1 Å². The average molecular weight is 311 g/mol. The maximum atomic E-state index is 11.1. The number of aromatic nitrogens is 1. The number of benzene rings is 1. The highest BCUT2D eigenvalue weighted by molar-refractivity contribution is 7.90. The lowest BCUT2D eigenvalue weighted by molar-refractivity contribution is 0.602. The number of hydrogen-bond donors (Lipinski definition) is 1. The Morgan fingerprint density at radius 3 is 2.70 bits per heavy atom. The van der Waals surface area contributed by atoms with E-state index >= 15 is 0 Å². The lowest BCUT2D eigenvalue weighted by Crippen LogP contribution is -2.14. The molecule has 0 saturated carbocycles. The molecule has 0 spiro atoms. The Balaban J connectivity index is 2.15. The van der Waals surface area contributed by atoms with Gasteiger partial charge in [-0.3, -0.25) is 0 Å². The Bertz CT molecular complexity index is 702. The monoisotopic (exact) mass is 310 g/mol. The van der Waals surface area contributed by atoms with Gasteiger partial charge in [0, 0.05) is 29.6 Å². The summed E-state index contributed by atoms with van der Waals surface area (Å²) in [6.45, 7) is 0.331. The van der Waals surface area contributed by atoms with Gasteiger partial charge in [0.25, 0.3) is 0 Å². The number of hydrogen-bond acceptors (Lipinski definition) is 4. The first-order chi connectivity index (χ1) is 9.46. The van der Waals surface area contributed by atoms with Crippen molar-refractivity contribution in [2.75, 3.05) is 23.9 Å². The van der Waals surface area contributed by atoms with Crippen molar-refractivity contribution in [2.24, 2.45) is 0 Å². The Hall–Kier alpha value is -1.59. The molecule has 0 amide bonds. The molecule has 1 heterocycles. The second-order valence-electron chi connectivity index (χ2n) is 4.47. The van der Waals surface area contributed by atoms with Crippen LogP contribution < -0.4 is 5.32 Å². The Kier molecular flexibility index (Phi) is 4.62. The molecular weight excluding hydrogens is 296 g/mol. The largest absolute Gasteiger partial charge is 0.369 e. The molecule has 2 rings (SSSR count). The molecule has 0 aliphatic carbocycles. The quantitative estimate of drug-likeness (QED) is 0.922. The standard InChI is InChI=1S/C14H15ClN2O2S/c1-20(18,19)9-8-17-14-10-11(6-7-16-14)12-4-2-3-5-13(12)15/h2-7,10H,8-9H2,1H3,(H,16,17). The number of anilines is 1. The Labute approximate surface area is 123 Å². The van der Waals surface area contributed by atoms with Gasteiger partial charge in [-0.25, -0.2) is 13.4 Å². The number of nitrogens with one attached hydrogen (secondary N) is 1. The second kappa shape index (κ2) is 6.24. The minimum atomic E-state index is -2.97. The molecule has 1 aromatic heterocycles. The van der Waals surface area contributed by atoms with Crippen molar-refractivity contribution in [2.45, 2.75) is 0 Å². The van der Waals surface area contributed by atoms with E-state index in [1.54, 1.807) is 6.20 Å². The van der Waals surface area contributed by atoms with Gasteiger partial charge in [0.05, 0.1) is 5.75 Å². The van der Waals surface area contributed by atoms with Crippen LogP contribution in [0.5, 0.6) is 0 Å². The molecule has 2 aromatic rings. The number of nitrogens with zero attached hydrogens (tertiary/aromatic N) is 1. The molecular formula is C14H15ClN2O2S. The van der Waals surface area contributed by atoms with E-state index in [-0.39, 0.29) is 5.75 Å². The molecule has 106 valence electrons. The fourth-order valence-corrected chi connectivity index (χ4v) is 2.47. The zero-order valence-electron chi connectivity index (χ0n) is 11.0. The first-order valence-electron chi connectivity index (χ1n) is 6.08. The zero-order chi connectivity index (χ0) is 14.6. The maximum absolute atomic E-state index is 11.1. The van der Waals surface area contributed by atoms with E-state index in [2.05, 4.69) is 10.3 Å². The maximum Gasteiger partial charge on any atom is 0.149 e. The smallest absolute Gasteiger partial charge is 0.149 e. The predicted octanol–water partition coefficient (Wildman–Crippen LogP) is 2.86. The molecule has 0 fully saturated rings. The Morgan fingerprint density at radius 2 is 2.00 bits per heavy atom. The first-order valence-corrected chi connectivity index (χ1v) is 8.52. The molecule has 0 atom stereocenters. The topological polar surface area (TPSA) is 59.1 Å². The average Bonchev–Trinajstić information content (AvgIpc) is 2.38. The van der Waals surface area contributed by atoms with Crippen molar-refractivity contribution in [3.05, 3.63) is 47.6 Å². The number of pyridine rings is 1. The van der Waals surface area contributed by atoms with E-state index in [1.165, 1.54) is 6.26 Å². The van der Waals surface area contributed by atoms with Gasteiger partial charge in [-0.1, -0.05) is 29.8 Å². The van der Waals surface area contributed by atoms with Crippen molar-refractivity contribution >= 4 is 27.3 Å². The van der Waals surface area contributed by atoms with Crippen LogP contribution >= 0.6 is 11.6 Å². The van der Waals surface area contributed by atoms with Crippen LogP contribution in [0.2, 0.25) is 5.02 Å². The van der Waals surface area contributed by atoms with Crippen LogP contribution in [-0.4, -0.2) is 32.0 Å². The molecule has 6 heteroatoms. The van der Waals surface area contributed by atoms with Gasteiger partial charge in [0.15, 0.2) is 0 Å². The van der Waals surface area contributed by atoms with Gasteiger partial charge in [-0.2, -0.15) is 0 Å². The lowest BCUT2D eigenvalue weighted by atomic mass is 10.1. The highest BCUT2D eigenvalue weighted by Crippen LogP contribution is 2.28. The molecule has 4 nitrogen and oxygen atoms in total. The molecule has 1 N–H and O–H groups in total. The fraction of sp³-hybridized carbons (Fsp3) is 0.214. The van der Waals surface area contributed by atoms with Crippen LogP contribution in [-0.2, 0) is 9.84 Å². The third kappa shape index (κ3) is 4.21. The third-order valence-electron chi connectivity index (χ3n) is 2.72. The summed E-state index contributed by atoms with van der Waals surface area (Å²) < 4.78 is 22.2. The van der Waals surface area contributed by atoms with Gasteiger partial charge in [-0.05, 0) is 23.8 Å². The highest BCUT2D eigenvalue weighted by Gasteiger charge is 2.05. The minimum Gasteiger partial charge on any atom is -0.369 e. The summed E-state index contributed by atoms with van der Waals surface area (Å²) in [4.78, 5) is 4.17. The molecule has 0 aliphatic heterocycles. The number of sulfone groups is 1. The zero-order valence-corrected chi connectivity index (χ0v) is 12.6. The summed E-state index contributed by atoms with van der Waals surface area (Å²) in [5.74, 6) is 0.705. The molecule has 0 bridgehead atoms. The SMILES string of the molecule is CS(=O)(=O)CCNc1cc(-c2ccccc2Cl)ccn1. The summed E-state index contributed by atoms with van der Waals surface area (Å²) in [5, 5.41) is 3.66. The van der Waals surface area contributed by atoms with Gasteiger partial charge < -0.3 is 5.32 Å². The van der Waals surface area contributed by atoms with E-state index < -0.39 is 9.84 Å². The Morgan fingerprint density at radius 1 is 1.25 bits per heavy atom. The van der Waals surface area contributed by atoms with Crippen LogP contribution in [0, 0.1) is 0 Å². The highest BCUT2D eigenvalue weighted by atomic mass is 35.5. The van der Waals surface area contributed by atoms with Gasteiger partial charge in [0.1, 0.15) is 15.7 Å². The predicted molar refractivity (Wildman–Crippen MR) is 82.9 cm³/mol. The molecule has 0 unspecified atom stereocenters. The van der Waals surface area contributed by atoms with E-state index in [0.29, 0.717) is 17.4 Å². The summed E-state index contributed by atoms with van der Waals surface area (Å²) in [6, 6.07) is 11.3. The van der Waals surface area contributed by atoms with Crippen molar-refractivity contribution in [1.29, 1.82) is 0 Å². The molecule has 0 radical (unpaired) electrons. The van der Waals surface area contributed by atoms with Crippen LogP contribution in [0.1, 0.15) is 0 Å².